The molecule has 0 amide bonds. The van der Waals surface area contributed by atoms with Gasteiger partial charge in [0.15, 0.2) is 0 Å². The van der Waals surface area contributed by atoms with Crippen LogP contribution in [0.2, 0.25) is 5.02 Å². The maximum absolute atomic E-state index is 6.31. The number of halogens is 1. The van der Waals surface area contributed by atoms with Crippen molar-refractivity contribution in [1.82, 2.24) is 15.1 Å². The van der Waals surface area contributed by atoms with Crippen molar-refractivity contribution in [3.05, 3.63) is 16.9 Å². The first-order chi connectivity index (χ1) is 8.13. The zero-order chi connectivity index (χ0) is 12.4. The molecule has 1 fully saturated rings. The minimum atomic E-state index is 0.382. The van der Waals surface area contributed by atoms with Gasteiger partial charge in [-0.1, -0.05) is 18.0 Å². The molecule has 0 saturated heterocycles. The molecule has 0 spiro atoms. The van der Waals surface area contributed by atoms with E-state index in [1.54, 1.807) is 6.20 Å². The van der Waals surface area contributed by atoms with E-state index >= 15 is 0 Å². The summed E-state index contributed by atoms with van der Waals surface area (Å²) in [4.78, 5) is 0. The quantitative estimate of drug-likeness (QED) is 0.898. The summed E-state index contributed by atoms with van der Waals surface area (Å²) in [6, 6.07) is 1.01. The number of hydrogen-bond donors (Lipinski definition) is 1. The molecule has 2 unspecified atom stereocenters. The average Bonchev–Trinajstić information content (AvgIpc) is 2.71. The van der Waals surface area contributed by atoms with Crippen LogP contribution in [0, 0.1) is 0 Å². The Morgan fingerprint density at radius 1 is 1.47 bits per heavy atom. The second-order valence-corrected chi connectivity index (χ2v) is 5.67. The van der Waals surface area contributed by atoms with Crippen molar-refractivity contribution in [3.8, 4) is 0 Å². The molecular weight excluding hydrogens is 234 g/mol. The van der Waals surface area contributed by atoms with Crippen molar-refractivity contribution in [3.63, 3.8) is 0 Å². The van der Waals surface area contributed by atoms with E-state index in [1.165, 1.54) is 31.4 Å². The Hall–Kier alpha value is -0.540. The topological polar surface area (TPSA) is 29.9 Å². The zero-order valence-electron chi connectivity index (χ0n) is 10.9. The van der Waals surface area contributed by atoms with Crippen LogP contribution in [0.1, 0.15) is 57.2 Å². The highest BCUT2D eigenvalue weighted by Crippen LogP contribution is 2.37. The van der Waals surface area contributed by atoms with Crippen LogP contribution in [-0.4, -0.2) is 22.9 Å². The lowest BCUT2D eigenvalue weighted by Gasteiger charge is -2.30. The van der Waals surface area contributed by atoms with Gasteiger partial charge in [-0.2, -0.15) is 5.10 Å². The molecule has 0 aliphatic heterocycles. The molecule has 1 N–H and O–H groups in total. The minimum absolute atomic E-state index is 0.382. The van der Waals surface area contributed by atoms with E-state index in [-0.39, 0.29) is 0 Å². The number of hydrogen-bond acceptors (Lipinski definition) is 2. The Morgan fingerprint density at radius 2 is 2.24 bits per heavy atom. The Balaban J connectivity index is 2.23. The lowest BCUT2D eigenvalue weighted by atomic mass is 9.83. The van der Waals surface area contributed by atoms with Crippen molar-refractivity contribution >= 4 is 11.6 Å². The molecule has 2 rings (SSSR count). The largest absolute Gasteiger partial charge is 0.317 e. The Labute approximate surface area is 109 Å². The molecule has 4 heteroatoms. The van der Waals surface area contributed by atoms with Crippen LogP contribution in [0.15, 0.2) is 6.20 Å². The van der Waals surface area contributed by atoms with Gasteiger partial charge in [-0.15, -0.1) is 0 Å². The zero-order valence-corrected chi connectivity index (χ0v) is 11.7. The fraction of sp³-hybridized carbons (Fsp3) is 0.769. The van der Waals surface area contributed by atoms with E-state index in [9.17, 15) is 0 Å². The SMILES string of the molecule is CNC1CCCC(c2c(Cl)cnn2C(C)C)C1. The van der Waals surface area contributed by atoms with E-state index in [4.69, 9.17) is 11.6 Å². The van der Waals surface area contributed by atoms with Gasteiger partial charge in [-0.3, -0.25) is 4.68 Å². The molecule has 0 aromatic carbocycles. The second-order valence-electron chi connectivity index (χ2n) is 5.27. The van der Waals surface area contributed by atoms with Gasteiger partial charge in [0, 0.05) is 18.0 Å². The van der Waals surface area contributed by atoms with Crippen LogP contribution in [0.3, 0.4) is 0 Å². The summed E-state index contributed by atoms with van der Waals surface area (Å²) in [6.45, 7) is 4.32. The number of aromatic nitrogens is 2. The molecular formula is C13H22ClN3. The Bertz CT molecular complexity index is 373. The normalized spacial score (nSPS) is 25.5. The van der Waals surface area contributed by atoms with Crippen LogP contribution in [-0.2, 0) is 0 Å². The summed E-state index contributed by atoms with van der Waals surface area (Å²) in [5, 5.41) is 8.63. The molecule has 0 radical (unpaired) electrons. The highest BCUT2D eigenvalue weighted by molar-refractivity contribution is 6.31. The van der Waals surface area contributed by atoms with Crippen molar-refractivity contribution in [2.24, 2.45) is 0 Å². The third-order valence-electron chi connectivity index (χ3n) is 3.75. The minimum Gasteiger partial charge on any atom is -0.317 e. The van der Waals surface area contributed by atoms with E-state index in [1.807, 2.05) is 7.05 Å². The van der Waals surface area contributed by atoms with Crippen LogP contribution in [0.5, 0.6) is 0 Å². The third-order valence-corrected chi connectivity index (χ3v) is 4.04. The van der Waals surface area contributed by atoms with Crippen molar-refractivity contribution in [2.45, 2.75) is 57.5 Å². The molecule has 1 heterocycles. The van der Waals surface area contributed by atoms with Crippen LogP contribution >= 0.6 is 11.6 Å². The van der Waals surface area contributed by atoms with Crippen LogP contribution < -0.4 is 5.32 Å². The Kier molecular flexibility index (Phi) is 4.10. The van der Waals surface area contributed by atoms with Crippen LogP contribution in [0.25, 0.3) is 0 Å². The van der Waals surface area contributed by atoms with E-state index in [0.717, 1.165) is 5.02 Å². The summed E-state index contributed by atoms with van der Waals surface area (Å²) in [7, 11) is 2.05. The fourth-order valence-electron chi connectivity index (χ4n) is 2.84. The monoisotopic (exact) mass is 255 g/mol. The molecule has 1 aromatic rings. The fourth-order valence-corrected chi connectivity index (χ4v) is 3.13. The lowest BCUT2D eigenvalue weighted by Crippen LogP contribution is -2.31. The molecule has 0 bridgehead atoms. The summed E-state index contributed by atoms with van der Waals surface area (Å²) in [5.41, 5.74) is 1.24. The third kappa shape index (κ3) is 2.66. The van der Waals surface area contributed by atoms with Gasteiger partial charge in [0.25, 0.3) is 0 Å². The maximum atomic E-state index is 6.31. The molecule has 1 saturated carbocycles. The van der Waals surface area contributed by atoms with Gasteiger partial charge in [0.1, 0.15) is 0 Å². The van der Waals surface area contributed by atoms with Gasteiger partial charge in [0.05, 0.1) is 16.9 Å². The summed E-state index contributed by atoms with van der Waals surface area (Å²) in [6.07, 6.45) is 6.75. The highest BCUT2D eigenvalue weighted by atomic mass is 35.5. The molecule has 1 aliphatic carbocycles. The number of nitrogens with one attached hydrogen (secondary N) is 1. The van der Waals surface area contributed by atoms with Gasteiger partial charge in [-0.25, -0.2) is 0 Å². The van der Waals surface area contributed by atoms with E-state index in [2.05, 4.69) is 28.9 Å². The predicted octanol–water partition coefficient (Wildman–Crippen LogP) is 3.36. The second kappa shape index (κ2) is 5.40. The molecule has 1 aromatic heterocycles. The Morgan fingerprint density at radius 3 is 2.88 bits per heavy atom. The van der Waals surface area contributed by atoms with Gasteiger partial charge in [-0.05, 0) is 40.2 Å². The van der Waals surface area contributed by atoms with E-state index in [0.29, 0.717) is 18.0 Å². The summed E-state index contributed by atoms with van der Waals surface area (Å²) < 4.78 is 2.09. The standard InChI is InChI=1S/C13H22ClN3/c1-9(2)17-13(12(14)8-16-17)10-5-4-6-11(7-10)15-3/h8-11,15H,4-7H2,1-3H3. The first-order valence-corrected chi connectivity index (χ1v) is 6.91. The molecule has 3 nitrogen and oxygen atoms in total. The number of nitrogens with zero attached hydrogens (tertiary/aromatic N) is 2. The molecule has 1 aliphatic rings. The van der Waals surface area contributed by atoms with E-state index < -0.39 is 0 Å². The first-order valence-electron chi connectivity index (χ1n) is 6.53. The maximum Gasteiger partial charge on any atom is 0.0820 e. The molecule has 96 valence electrons. The summed E-state index contributed by atoms with van der Waals surface area (Å²) in [5.74, 6) is 0.554. The molecule has 2 atom stereocenters. The first kappa shape index (κ1) is 12.9. The van der Waals surface area contributed by atoms with Gasteiger partial charge >= 0.3 is 0 Å². The van der Waals surface area contributed by atoms with Gasteiger partial charge < -0.3 is 5.32 Å². The van der Waals surface area contributed by atoms with Crippen molar-refractivity contribution in [2.75, 3.05) is 7.05 Å². The van der Waals surface area contributed by atoms with Gasteiger partial charge in [0.2, 0.25) is 0 Å². The molecule has 17 heavy (non-hydrogen) atoms. The van der Waals surface area contributed by atoms with Crippen molar-refractivity contribution < 1.29 is 0 Å². The smallest absolute Gasteiger partial charge is 0.0820 e. The number of rotatable bonds is 3. The lowest BCUT2D eigenvalue weighted by molar-refractivity contribution is 0.337. The summed E-state index contributed by atoms with van der Waals surface area (Å²) >= 11 is 6.31. The highest BCUT2D eigenvalue weighted by Gasteiger charge is 2.27. The predicted molar refractivity (Wildman–Crippen MR) is 71.7 cm³/mol. The van der Waals surface area contributed by atoms with Crippen molar-refractivity contribution in [1.29, 1.82) is 0 Å². The average molecular weight is 256 g/mol. The van der Waals surface area contributed by atoms with Crippen LogP contribution in [0.4, 0.5) is 0 Å².